The van der Waals surface area contributed by atoms with E-state index in [2.05, 4.69) is 148 Å². The van der Waals surface area contributed by atoms with E-state index in [0.29, 0.717) is 30.8 Å². The van der Waals surface area contributed by atoms with Crippen LogP contribution >= 0.6 is 0 Å². The molecule has 2 rings (SSSR count). The highest BCUT2D eigenvalue weighted by Crippen LogP contribution is 2.43. The Balaban J connectivity index is 2.71. The number of hydrogen-bond acceptors (Lipinski definition) is 6. The summed E-state index contributed by atoms with van der Waals surface area (Å²) in [7, 11) is -8.48. The van der Waals surface area contributed by atoms with Crippen molar-refractivity contribution in [3.63, 3.8) is 0 Å². The standard InChI is InChI=1S/C42H80O6Si4/c1-39(2,3)49(13,14)44-29-23-27-33-30-35(47-51(17,18)41(7,8)9)31-34(46-50(15,16)40(4,5)6)26-21-24-32-25-22-28-36(37(32)38(43)45-33)48-52(19,20)42(10,11)12/h21-22,24-25,28,33-35H,23,26-27,29-31H2,1-20H3/b24-21+/t33-,34+,35-/m0/s1. The summed E-state index contributed by atoms with van der Waals surface area (Å²) in [4.78, 5) is 14.5. The third kappa shape index (κ3) is 12.8. The molecule has 1 aliphatic rings. The Morgan fingerprint density at radius 1 is 0.673 bits per heavy atom. The number of carbonyl (C=O) groups is 1. The third-order valence-corrected chi connectivity index (χ3v) is 30.9. The van der Waals surface area contributed by atoms with Crippen LogP contribution in [0.15, 0.2) is 24.3 Å². The smallest absolute Gasteiger partial charge is 0.342 e. The molecule has 0 amide bonds. The first kappa shape index (κ1) is 47.1. The molecule has 6 nitrogen and oxygen atoms in total. The fourth-order valence-electron chi connectivity index (χ4n) is 5.21. The molecule has 10 heteroatoms. The van der Waals surface area contributed by atoms with E-state index in [1.54, 1.807) is 0 Å². The van der Waals surface area contributed by atoms with Gasteiger partial charge in [0.2, 0.25) is 0 Å². The Bertz CT molecular complexity index is 1360. The van der Waals surface area contributed by atoms with Crippen LogP contribution in [0, 0.1) is 0 Å². The lowest BCUT2D eigenvalue weighted by atomic mass is 9.99. The number of cyclic esters (lactones) is 1. The van der Waals surface area contributed by atoms with Crippen LogP contribution in [0.2, 0.25) is 72.5 Å². The molecule has 1 aliphatic heterocycles. The molecule has 0 unspecified atom stereocenters. The largest absolute Gasteiger partial charge is 0.543 e. The molecule has 1 aromatic rings. The highest BCUT2D eigenvalue weighted by Gasteiger charge is 2.44. The van der Waals surface area contributed by atoms with Crippen molar-refractivity contribution in [2.24, 2.45) is 0 Å². The summed E-state index contributed by atoms with van der Waals surface area (Å²) in [5.41, 5.74) is 1.33. The van der Waals surface area contributed by atoms with E-state index in [0.717, 1.165) is 24.8 Å². The number of esters is 1. The second-order valence-corrected chi connectivity index (χ2v) is 40.5. The van der Waals surface area contributed by atoms with Gasteiger partial charge in [0, 0.05) is 13.0 Å². The zero-order valence-electron chi connectivity index (χ0n) is 37.3. The van der Waals surface area contributed by atoms with Crippen molar-refractivity contribution < 1.29 is 27.2 Å². The Morgan fingerprint density at radius 2 is 1.17 bits per heavy atom. The first-order valence-corrected chi connectivity index (χ1v) is 31.5. The summed E-state index contributed by atoms with van der Waals surface area (Å²) in [6, 6.07) is 5.94. The molecule has 0 saturated carbocycles. The minimum Gasteiger partial charge on any atom is -0.543 e. The zero-order valence-corrected chi connectivity index (χ0v) is 41.3. The van der Waals surface area contributed by atoms with Crippen LogP contribution in [0.25, 0.3) is 6.08 Å². The first-order chi connectivity index (χ1) is 23.2. The van der Waals surface area contributed by atoms with E-state index in [9.17, 15) is 4.79 Å². The Morgan fingerprint density at radius 3 is 1.67 bits per heavy atom. The number of hydrogen-bond donors (Lipinski definition) is 0. The summed E-state index contributed by atoms with van der Waals surface area (Å²) < 4.78 is 34.6. The van der Waals surface area contributed by atoms with Gasteiger partial charge in [0.05, 0.1) is 12.2 Å². The summed E-state index contributed by atoms with van der Waals surface area (Å²) in [5, 5.41) is 0.202. The van der Waals surface area contributed by atoms with Crippen molar-refractivity contribution >= 4 is 45.3 Å². The minimum absolute atomic E-state index is 0.0280. The lowest BCUT2D eigenvalue weighted by molar-refractivity contribution is 0.00504. The predicted molar refractivity (Wildman–Crippen MR) is 233 cm³/mol. The van der Waals surface area contributed by atoms with Crippen molar-refractivity contribution in [3.05, 3.63) is 35.4 Å². The molecular weight excluding hydrogens is 713 g/mol. The highest BCUT2D eigenvalue weighted by atomic mass is 28.4. The summed E-state index contributed by atoms with van der Waals surface area (Å²) in [5.74, 6) is 0.281. The van der Waals surface area contributed by atoms with Gasteiger partial charge in [0.1, 0.15) is 17.4 Å². The molecule has 0 spiro atoms. The third-order valence-electron chi connectivity index (χ3n) is 12.9. The number of ether oxygens (including phenoxy) is 1. The summed E-state index contributed by atoms with van der Waals surface area (Å²) >= 11 is 0. The van der Waals surface area contributed by atoms with Crippen LogP contribution in [0.3, 0.4) is 0 Å². The van der Waals surface area contributed by atoms with Crippen LogP contribution in [0.1, 0.15) is 131 Å². The summed E-state index contributed by atoms with van der Waals surface area (Å²) in [6.45, 7) is 46.2. The second-order valence-electron chi connectivity index (χ2n) is 21.5. The maximum Gasteiger partial charge on any atom is 0.342 e. The topological polar surface area (TPSA) is 63.2 Å². The van der Waals surface area contributed by atoms with Crippen molar-refractivity contribution in [2.75, 3.05) is 6.61 Å². The molecule has 300 valence electrons. The van der Waals surface area contributed by atoms with E-state index < -0.39 is 33.3 Å². The molecule has 52 heavy (non-hydrogen) atoms. The molecule has 0 radical (unpaired) electrons. The Hall–Kier alpha value is -1.02. The van der Waals surface area contributed by atoms with E-state index in [-0.39, 0.29) is 44.4 Å². The van der Waals surface area contributed by atoms with Gasteiger partial charge in [-0.25, -0.2) is 4.79 Å². The highest BCUT2D eigenvalue weighted by molar-refractivity contribution is 6.75. The fraction of sp³-hybridized carbons (Fsp3) is 0.786. The zero-order chi connectivity index (χ0) is 40.4. The average molecular weight is 793 g/mol. The maximum atomic E-state index is 14.5. The Labute approximate surface area is 325 Å². The van der Waals surface area contributed by atoms with Gasteiger partial charge in [-0.1, -0.05) is 107 Å². The molecule has 0 aromatic heterocycles. The molecule has 0 N–H and O–H groups in total. The van der Waals surface area contributed by atoms with Crippen molar-refractivity contribution in [1.82, 2.24) is 0 Å². The van der Waals surface area contributed by atoms with Gasteiger partial charge >= 0.3 is 5.97 Å². The number of carbonyl (C=O) groups excluding carboxylic acids is 1. The van der Waals surface area contributed by atoms with E-state index in [4.69, 9.17) is 22.4 Å². The van der Waals surface area contributed by atoms with Crippen LogP contribution in [0.5, 0.6) is 5.75 Å². The molecule has 0 aliphatic carbocycles. The van der Waals surface area contributed by atoms with Crippen molar-refractivity contribution in [2.45, 2.75) is 206 Å². The SMILES string of the molecule is CC(C)(C)[Si](C)(C)OCCC[C@H]1C[C@H](O[Si](C)(C)C(C)(C)C)C[C@H](O[Si](C)(C)C(C)(C)C)C/C=C/c2cccc(O[Si](C)(C)C(C)(C)C)c2C(=O)O1. The van der Waals surface area contributed by atoms with E-state index >= 15 is 0 Å². The van der Waals surface area contributed by atoms with Gasteiger partial charge in [0.25, 0.3) is 8.32 Å². The quantitative estimate of drug-likeness (QED) is 0.126. The molecule has 1 heterocycles. The average Bonchev–Trinajstić information content (AvgIpc) is 2.91. The molecule has 3 atom stereocenters. The molecule has 0 saturated heterocycles. The fourth-order valence-corrected chi connectivity index (χ4v) is 10.1. The number of benzene rings is 1. The first-order valence-electron chi connectivity index (χ1n) is 19.9. The predicted octanol–water partition coefficient (Wildman–Crippen LogP) is 13.4. The van der Waals surface area contributed by atoms with Gasteiger partial charge in [-0.15, -0.1) is 0 Å². The maximum absolute atomic E-state index is 14.5. The van der Waals surface area contributed by atoms with Crippen LogP contribution < -0.4 is 4.43 Å². The normalized spacial score (nSPS) is 21.5. The van der Waals surface area contributed by atoms with Gasteiger partial charge in [-0.05, 0) is 110 Å². The molecule has 0 fully saturated rings. The minimum atomic E-state index is -2.27. The van der Waals surface area contributed by atoms with Gasteiger partial charge in [-0.2, -0.15) is 0 Å². The second kappa shape index (κ2) is 17.0. The van der Waals surface area contributed by atoms with Gasteiger partial charge < -0.3 is 22.4 Å². The van der Waals surface area contributed by atoms with Crippen molar-refractivity contribution in [1.29, 1.82) is 0 Å². The monoisotopic (exact) mass is 793 g/mol. The van der Waals surface area contributed by atoms with E-state index in [1.165, 1.54) is 0 Å². The van der Waals surface area contributed by atoms with Crippen LogP contribution in [0.4, 0.5) is 0 Å². The lowest BCUT2D eigenvalue weighted by Gasteiger charge is -2.43. The van der Waals surface area contributed by atoms with Crippen LogP contribution in [-0.2, 0) is 18.0 Å². The lowest BCUT2D eigenvalue weighted by Crippen LogP contribution is -2.48. The number of rotatable bonds is 11. The molecular formula is C42H80O6Si4. The van der Waals surface area contributed by atoms with E-state index in [1.807, 2.05) is 18.2 Å². The molecule has 1 aromatic carbocycles. The van der Waals surface area contributed by atoms with Crippen molar-refractivity contribution in [3.8, 4) is 5.75 Å². The van der Waals surface area contributed by atoms with Gasteiger partial charge in [-0.3, -0.25) is 0 Å². The molecule has 0 bridgehead atoms. The number of fused-ring (bicyclic) bond motifs is 1. The van der Waals surface area contributed by atoms with Crippen LogP contribution in [-0.4, -0.2) is 64.2 Å². The summed E-state index contributed by atoms with van der Waals surface area (Å²) in [6.07, 6.45) is 7.34. The van der Waals surface area contributed by atoms with Gasteiger partial charge in [0.15, 0.2) is 25.0 Å². The Kier molecular flexibility index (Phi) is 15.4.